The van der Waals surface area contributed by atoms with Crippen molar-refractivity contribution in [2.24, 2.45) is 0 Å². The van der Waals surface area contributed by atoms with Crippen molar-refractivity contribution in [3.8, 4) is 11.1 Å². The summed E-state index contributed by atoms with van der Waals surface area (Å²) in [4.78, 5) is 16.6. The van der Waals surface area contributed by atoms with Gasteiger partial charge in [-0.05, 0) is 41.8 Å². The van der Waals surface area contributed by atoms with Crippen molar-refractivity contribution in [1.29, 1.82) is 0 Å². The van der Waals surface area contributed by atoms with E-state index in [0.29, 0.717) is 24.5 Å². The van der Waals surface area contributed by atoms with Crippen molar-refractivity contribution in [2.45, 2.75) is 19.4 Å². The number of rotatable bonds is 9. The molecule has 0 aliphatic carbocycles. The van der Waals surface area contributed by atoms with E-state index in [4.69, 9.17) is 9.52 Å². The molecule has 3 heterocycles. The zero-order chi connectivity index (χ0) is 22.2. The fourth-order valence-electron chi connectivity index (χ4n) is 3.19. The number of hydrogen-bond acceptors (Lipinski definition) is 7. The maximum atomic E-state index is 12.4. The van der Waals surface area contributed by atoms with E-state index in [1.54, 1.807) is 29.3 Å². The van der Waals surface area contributed by atoms with E-state index in [-0.39, 0.29) is 12.5 Å². The van der Waals surface area contributed by atoms with Gasteiger partial charge in [0.2, 0.25) is 18.2 Å². The molecule has 0 spiro atoms. The molecule has 9 heteroatoms. The predicted molar refractivity (Wildman–Crippen MR) is 118 cm³/mol. The van der Waals surface area contributed by atoms with Gasteiger partial charge in [-0.25, -0.2) is 0 Å². The molecule has 162 valence electrons. The van der Waals surface area contributed by atoms with Crippen molar-refractivity contribution < 1.29 is 14.3 Å². The number of amides is 1. The first-order valence-corrected chi connectivity index (χ1v) is 10.1. The average Bonchev–Trinajstić information content (AvgIpc) is 3.50. The Balaban J connectivity index is 1.37. The Morgan fingerprint density at radius 3 is 2.81 bits per heavy atom. The van der Waals surface area contributed by atoms with Crippen LogP contribution in [0.5, 0.6) is 0 Å². The number of aliphatic hydroxyl groups excluding tert-OH is 1. The lowest BCUT2D eigenvalue weighted by Crippen LogP contribution is -2.07. The quantitative estimate of drug-likeness (QED) is 0.392. The molecule has 4 rings (SSSR count). The van der Waals surface area contributed by atoms with Crippen LogP contribution < -0.4 is 5.32 Å². The highest BCUT2D eigenvalue weighted by Gasteiger charge is 2.07. The summed E-state index contributed by atoms with van der Waals surface area (Å²) in [5.41, 5.74) is 4.40. The third-order valence-electron chi connectivity index (χ3n) is 4.79. The van der Waals surface area contributed by atoms with Gasteiger partial charge in [0, 0.05) is 47.9 Å². The standard InChI is InChI=1S/C23H22N6O3/c30-12-11-29-15-19(14-26-29)21-9-10-24-13-18(21)4-7-22(31)27-20-5-1-17(2-6-20)3-8-23-28-25-16-32-23/h1-2,4-7,9-10,13-16,30H,3,8,11-12H2,(H,27,31)/b7-4+. The number of aryl methyl sites for hydroxylation is 2. The van der Waals surface area contributed by atoms with Gasteiger partial charge in [0.1, 0.15) is 0 Å². The Hall–Kier alpha value is -4.11. The molecule has 0 atom stereocenters. The van der Waals surface area contributed by atoms with E-state index >= 15 is 0 Å². The minimum atomic E-state index is -0.241. The molecule has 0 saturated heterocycles. The number of carbonyl (C=O) groups excluding carboxylic acids is 1. The van der Waals surface area contributed by atoms with Gasteiger partial charge in [-0.15, -0.1) is 10.2 Å². The van der Waals surface area contributed by atoms with Crippen LogP contribution >= 0.6 is 0 Å². The summed E-state index contributed by atoms with van der Waals surface area (Å²) in [6.07, 6.45) is 12.9. The summed E-state index contributed by atoms with van der Waals surface area (Å²) >= 11 is 0. The number of carbonyl (C=O) groups is 1. The van der Waals surface area contributed by atoms with Gasteiger partial charge in [-0.1, -0.05) is 12.1 Å². The van der Waals surface area contributed by atoms with Crippen LogP contribution in [0.3, 0.4) is 0 Å². The number of hydrogen-bond donors (Lipinski definition) is 2. The van der Waals surface area contributed by atoms with Crippen LogP contribution in [0, 0.1) is 0 Å². The summed E-state index contributed by atoms with van der Waals surface area (Å²) in [5.74, 6) is 0.359. The summed E-state index contributed by atoms with van der Waals surface area (Å²) in [5, 5.41) is 23.7. The van der Waals surface area contributed by atoms with Crippen LogP contribution in [0.4, 0.5) is 5.69 Å². The van der Waals surface area contributed by atoms with E-state index in [1.165, 1.54) is 12.5 Å². The van der Waals surface area contributed by atoms with Gasteiger partial charge < -0.3 is 14.8 Å². The lowest BCUT2D eigenvalue weighted by atomic mass is 10.0. The lowest BCUT2D eigenvalue weighted by molar-refractivity contribution is -0.111. The summed E-state index contributed by atoms with van der Waals surface area (Å²) in [7, 11) is 0. The van der Waals surface area contributed by atoms with Crippen molar-refractivity contribution >= 4 is 17.7 Å². The Morgan fingerprint density at radius 1 is 1.16 bits per heavy atom. The number of nitrogens with zero attached hydrogens (tertiary/aromatic N) is 5. The predicted octanol–water partition coefficient (Wildman–Crippen LogP) is 2.76. The zero-order valence-corrected chi connectivity index (χ0v) is 17.3. The van der Waals surface area contributed by atoms with Crippen molar-refractivity contribution in [2.75, 3.05) is 11.9 Å². The molecule has 4 aromatic rings. The van der Waals surface area contributed by atoms with E-state index < -0.39 is 0 Å². The number of pyridine rings is 1. The molecule has 9 nitrogen and oxygen atoms in total. The van der Waals surface area contributed by atoms with Crippen LogP contribution in [-0.2, 0) is 24.2 Å². The van der Waals surface area contributed by atoms with Crippen LogP contribution in [0.25, 0.3) is 17.2 Å². The summed E-state index contributed by atoms with van der Waals surface area (Å²) in [6.45, 7) is 0.443. The number of aromatic nitrogens is 5. The molecule has 0 aliphatic rings. The fraction of sp³-hybridized carbons (Fsp3) is 0.174. The van der Waals surface area contributed by atoms with Gasteiger partial charge in [0.15, 0.2) is 0 Å². The zero-order valence-electron chi connectivity index (χ0n) is 17.3. The lowest BCUT2D eigenvalue weighted by Gasteiger charge is -2.05. The van der Waals surface area contributed by atoms with Gasteiger partial charge in [0.05, 0.1) is 19.3 Å². The molecule has 0 bridgehead atoms. The monoisotopic (exact) mass is 430 g/mol. The number of aliphatic hydroxyl groups is 1. The second-order valence-electron chi connectivity index (χ2n) is 7.03. The second-order valence-corrected chi connectivity index (χ2v) is 7.03. The molecule has 0 aliphatic heterocycles. The van der Waals surface area contributed by atoms with Crippen LogP contribution in [0.15, 0.2) is 72.0 Å². The van der Waals surface area contributed by atoms with E-state index in [1.807, 2.05) is 36.5 Å². The Kier molecular flexibility index (Phi) is 6.78. The first kappa shape index (κ1) is 21.1. The molecule has 3 aromatic heterocycles. The molecule has 0 radical (unpaired) electrons. The van der Waals surface area contributed by atoms with Crippen molar-refractivity contribution in [3.05, 3.63) is 84.6 Å². The second kappa shape index (κ2) is 10.3. The molecule has 0 unspecified atom stereocenters. The molecule has 1 aromatic carbocycles. The third-order valence-corrected chi connectivity index (χ3v) is 4.79. The largest absolute Gasteiger partial charge is 0.428 e. The molecule has 0 fully saturated rings. The van der Waals surface area contributed by atoms with E-state index in [0.717, 1.165) is 28.7 Å². The van der Waals surface area contributed by atoms with Crippen LogP contribution in [-0.4, -0.2) is 42.6 Å². The highest BCUT2D eigenvalue weighted by atomic mass is 16.4. The van der Waals surface area contributed by atoms with Gasteiger partial charge in [-0.2, -0.15) is 5.10 Å². The van der Waals surface area contributed by atoms with Crippen molar-refractivity contribution in [1.82, 2.24) is 25.0 Å². The first-order chi connectivity index (χ1) is 15.7. The van der Waals surface area contributed by atoms with Gasteiger partial charge in [-0.3, -0.25) is 14.5 Å². The molecular weight excluding hydrogens is 408 g/mol. The highest BCUT2D eigenvalue weighted by Crippen LogP contribution is 2.23. The SMILES string of the molecule is O=C(/C=C/c1cnccc1-c1cnn(CCO)c1)Nc1ccc(CCc2nnco2)cc1. The van der Waals surface area contributed by atoms with Gasteiger partial charge in [0.25, 0.3) is 0 Å². The van der Waals surface area contributed by atoms with E-state index in [9.17, 15) is 4.79 Å². The summed E-state index contributed by atoms with van der Waals surface area (Å²) < 4.78 is 6.81. The molecule has 1 amide bonds. The highest BCUT2D eigenvalue weighted by molar-refractivity contribution is 6.02. The molecule has 32 heavy (non-hydrogen) atoms. The molecule has 2 N–H and O–H groups in total. The Bertz CT molecular complexity index is 1180. The van der Waals surface area contributed by atoms with Crippen LogP contribution in [0.1, 0.15) is 17.0 Å². The Morgan fingerprint density at radius 2 is 2.03 bits per heavy atom. The molecule has 0 saturated carbocycles. The molecular formula is C23H22N6O3. The minimum absolute atomic E-state index is 0.0179. The number of nitrogens with one attached hydrogen (secondary N) is 1. The average molecular weight is 430 g/mol. The smallest absolute Gasteiger partial charge is 0.248 e. The maximum Gasteiger partial charge on any atom is 0.248 e. The summed E-state index contributed by atoms with van der Waals surface area (Å²) in [6, 6.07) is 9.50. The number of benzene rings is 1. The maximum absolute atomic E-state index is 12.4. The normalized spacial score (nSPS) is 11.2. The van der Waals surface area contributed by atoms with Crippen LogP contribution in [0.2, 0.25) is 0 Å². The first-order valence-electron chi connectivity index (χ1n) is 10.1. The van der Waals surface area contributed by atoms with Crippen molar-refractivity contribution in [3.63, 3.8) is 0 Å². The minimum Gasteiger partial charge on any atom is -0.428 e. The topological polar surface area (TPSA) is 119 Å². The van der Waals surface area contributed by atoms with Gasteiger partial charge >= 0.3 is 0 Å². The number of anilines is 1. The van der Waals surface area contributed by atoms with E-state index in [2.05, 4.69) is 25.6 Å². The third kappa shape index (κ3) is 5.52. The Labute approximate surface area is 184 Å². The fourth-order valence-corrected chi connectivity index (χ4v) is 3.19.